The second-order valence-corrected chi connectivity index (χ2v) is 7.59. The van der Waals surface area contributed by atoms with E-state index in [2.05, 4.69) is 11.1 Å². The van der Waals surface area contributed by atoms with E-state index in [1.54, 1.807) is 18.2 Å². The molecular formula is C23H25NO4. The van der Waals surface area contributed by atoms with Crippen molar-refractivity contribution in [3.63, 3.8) is 0 Å². The summed E-state index contributed by atoms with van der Waals surface area (Å²) in [5, 5.41) is 0. The van der Waals surface area contributed by atoms with Crippen molar-refractivity contribution >= 4 is 17.1 Å². The largest absolute Gasteiger partial charge is 0.462 e. The number of hydrogen-bond donors (Lipinski definition) is 0. The summed E-state index contributed by atoms with van der Waals surface area (Å²) >= 11 is 0. The third-order valence-electron chi connectivity index (χ3n) is 5.11. The van der Waals surface area contributed by atoms with E-state index < -0.39 is 0 Å². The lowest BCUT2D eigenvalue weighted by Crippen LogP contribution is -2.08. The van der Waals surface area contributed by atoms with Crippen LogP contribution in [0.5, 0.6) is 0 Å². The molecule has 0 saturated carbocycles. The maximum Gasteiger partial charge on any atom is 0.338 e. The highest BCUT2D eigenvalue weighted by Crippen LogP contribution is 2.27. The second kappa shape index (κ2) is 8.15. The lowest BCUT2D eigenvalue weighted by Gasteiger charge is -2.08. The monoisotopic (exact) mass is 379 g/mol. The average molecular weight is 379 g/mol. The van der Waals surface area contributed by atoms with Crippen LogP contribution in [0, 0.1) is 19.8 Å². The van der Waals surface area contributed by atoms with Gasteiger partial charge < -0.3 is 13.9 Å². The number of aryl methyl sites for hydroxylation is 2. The van der Waals surface area contributed by atoms with E-state index in [0.29, 0.717) is 29.6 Å². The van der Waals surface area contributed by atoms with Crippen molar-refractivity contribution in [3.05, 3.63) is 53.1 Å². The zero-order chi connectivity index (χ0) is 19.5. The Bertz CT molecular complexity index is 965. The molecule has 0 radical (unpaired) electrons. The van der Waals surface area contributed by atoms with Gasteiger partial charge in [0.1, 0.15) is 5.52 Å². The van der Waals surface area contributed by atoms with Gasteiger partial charge in [0, 0.05) is 18.8 Å². The van der Waals surface area contributed by atoms with Gasteiger partial charge in [-0.3, -0.25) is 0 Å². The number of esters is 1. The molecule has 0 bridgehead atoms. The van der Waals surface area contributed by atoms with Crippen LogP contribution < -0.4 is 0 Å². The third kappa shape index (κ3) is 4.25. The summed E-state index contributed by atoms with van der Waals surface area (Å²) in [5.74, 6) is 0.841. The fourth-order valence-corrected chi connectivity index (χ4v) is 3.70. The molecule has 0 spiro atoms. The van der Waals surface area contributed by atoms with Crippen LogP contribution in [0.15, 0.2) is 40.8 Å². The van der Waals surface area contributed by atoms with Gasteiger partial charge >= 0.3 is 5.97 Å². The van der Waals surface area contributed by atoms with Crippen LogP contribution in [0.3, 0.4) is 0 Å². The van der Waals surface area contributed by atoms with Gasteiger partial charge in [-0.2, -0.15) is 0 Å². The first-order valence-electron chi connectivity index (χ1n) is 9.82. The number of aromatic nitrogens is 1. The molecular weight excluding hydrogens is 354 g/mol. The first-order valence-corrected chi connectivity index (χ1v) is 9.82. The number of carbonyl (C=O) groups excluding carboxylic acids is 1. The lowest BCUT2D eigenvalue weighted by molar-refractivity contribution is 0.0493. The minimum Gasteiger partial charge on any atom is -0.462 e. The number of ether oxygens (including phenoxy) is 2. The Morgan fingerprint density at radius 2 is 2.00 bits per heavy atom. The Hall–Kier alpha value is -2.66. The summed E-state index contributed by atoms with van der Waals surface area (Å²) in [7, 11) is 0. The van der Waals surface area contributed by atoms with E-state index in [1.807, 2.05) is 26.0 Å². The average Bonchev–Trinajstić information content (AvgIpc) is 3.33. The van der Waals surface area contributed by atoms with E-state index in [0.717, 1.165) is 54.7 Å². The summed E-state index contributed by atoms with van der Waals surface area (Å²) in [4.78, 5) is 16.9. The highest BCUT2D eigenvalue weighted by Gasteiger charge is 2.16. The van der Waals surface area contributed by atoms with Gasteiger partial charge in [0.2, 0.25) is 5.89 Å². The highest BCUT2D eigenvalue weighted by atomic mass is 16.5. The molecule has 5 heteroatoms. The minimum absolute atomic E-state index is 0.325. The Balaban J connectivity index is 1.43. The Kier molecular flexibility index (Phi) is 5.44. The number of carbonyl (C=O) groups is 1. The van der Waals surface area contributed by atoms with E-state index in [1.165, 1.54) is 0 Å². The molecule has 1 aliphatic heterocycles. The molecule has 1 fully saturated rings. The normalized spacial score (nSPS) is 16.6. The van der Waals surface area contributed by atoms with Gasteiger partial charge in [-0.1, -0.05) is 17.2 Å². The molecule has 0 N–H and O–H groups in total. The number of nitrogens with zero attached hydrogens (tertiary/aromatic N) is 1. The van der Waals surface area contributed by atoms with Gasteiger partial charge in [0.05, 0.1) is 12.2 Å². The van der Waals surface area contributed by atoms with Crippen molar-refractivity contribution < 1.29 is 18.7 Å². The molecule has 4 rings (SSSR count). The summed E-state index contributed by atoms with van der Waals surface area (Å²) in [6.07, 6.45) is 3.01. The first kappa shape index (κ1) is 18.7. The van der Waals surface area contributed by atoms with E-state index >= 15 is 0 Å². The smallest absolute Gasteiger partial charge is 0.338 e. The second-order valence-electron chi connectivity index (χ2n) is 7.59. The van der Waals surface area contributed by atoms with Crippen LogP contribution in [-0.2, 0) is 9.47 Å². The van der Waals surface area contributed by atoms with Gasteiger partial charge in [-0.05, 0) is 69.4 Å². The van der Waals surface area contributed by atoms with E-state index in [4.69, 9.17) is 13.9 Å². The van der Waals surface area contributed by atoms with E-state index in [-0.39, 0.29) is 5.97 Å². The van der Waals surface area contributed by atoms with Crippen LogP contribution in [0.4, 0.5) is 0 Å². The van der Waals surface area contributed by atoms with Crippen LogP contribution in [0.25, 0.3) is 22.6 Å². The Morgan fingerprint density at radius 1 is 1.18 bits per heavy atom. The number of rotatable bonds is 6. The molecule has 2 aromatic carbocycles. The quantitative estimate of drug-likeness (QED) is 0.441. The number of hydrogen-bond acceptors (Lipinski definition) is 5. The molecule has 2 heterocycles. The van der Waals surface area contributed by atoms with Crippen LogP contribution in [0.2, 0.25) is 0 Å². The first-order chi connectivity index (χ1) is 13.6. The Labute approximate surface area is 164 Å². The molecule has 1 atom stereocenters. The van der Waals surface area contributed by atoms with Gasteiger partial charge in [0.25, 0.3) is 0 Å². The van der Waals surface area contributed by atoms with Crippen molar-refractivity contribution in [1.29, 1.82) is 0 Å². The predicted octanol–water partition coefficient (Wildman–Crippen LogP) is 5.09. The maximum absolute atomic E-state index is 12.3. The van der Waals surface area contributed by atoms with E-state index in [9.17, 15) is 4.79 Å². The van der Waals surface area contributed by atoms with Crippen molar-refractivity contribution in [1.82, 2.24) is 4.98 Å². The molecule has 0 amide bonds. The molecule has 1 aliphatic rings. The topological polar surface area (TPSA) is 61.6 Å². The van der Waals surface area contributed by atoms with Gasteiger partial charge in [-0.15, -0.1) is 0 Å². The van der Waals surface area contributed by atoms with Crippen molar-refractivity contribution in [2.75, 3.05) is 19.8 Å². The molecule has 1 unspecified atom stereocenters. The number of benzene rings is 2. The molecule has 1 saturated heterocycles. The minimum atomic E-state index is -0.325. The highest BCUT2D eigenvalue weighted by molar-refractivity contribution is 5.93. The summed E-state index contributed by atoms with van der Waals surface area (Å²) in [6, 6.07) is 11.5. The fourth-order valence-electron chi connectivity index (χ4n) is 3.70. The van der Waals surface area contributed by atoms with Crippen molar-refractivity contribution in [3.8, 4) is 11.5 Å². The summed E-state index contributed by atoms with van der Waals surface area (Å²) < 4.78 is 16.7. The number of oxazole rings is 1. The number of fused-ring (bicyclic) bond motifs is 1. The maximum atomic E-state index is 12.3. The van der Waals surface area contributed by atoms with Crippen LogP contribution in [-0.4, -0.2) is 30.8 Å². The van der Waals surface area contributed by atoms with Crippen molar-refractivity contribution in [2.24, 2.45) is 5.92 Å². The molecule has 5 nitrogen and oxygen atoms in total. The summed E-state index contributed by atoms with van der Waals surface area (Å²) in [6.45, 7) is 6.21. The standard InChI is InChI=1S/C23H25NO4/c1-15-10-16(2)12-19(11-15)22-24-20-6-5-18(13-21(20)28-22)23(25)27-8-3-4-17-7-9-26-14-17/h5-6,10-13,17H,3-4,7-9,14H2,1-2H3. The molecule has 3 aromatic rings. The fraction of sp³-hybridized carbons (Fsp3) is 0.391. The van der Waals surface area contributed by atoms with Crippen LogP contribution in [0.1, 0.15) is 40.7 Å². The lowest BCUT2D eigenvalue weighted by atomic mass is 10.0. The summed E-state index contributed by atoms with van der Waals surface area (Å²) in [5.41, 5.74) is 5.06. The van der Waals surface area contributed by atoms with Crippen molar-refractivity contribution in [2.45, 2.75) is 33.1 Å². The third-order valence-corrected chi connectivity index (χ3v) is 5.11. The zero-order valence-corrected chi connectivity index (χ0v) is 16.4. The molecule has 0 aliphatic carbocycles. The predicted molar refractivity (Wildman–Crippen MR) is 107 cm³/mol. The zero-order valence-electron chi connectivity index (χ0n) is 16.4. The SMILES string of the molecule is Cc1cc(C)cc(-c2nc3ccc(C(=O)OCCCC4CCOC4)cc3o2)c1. The molecule has 146 valence electrons. The Morgan fingerprint density at radius 3 is 2.75 bits per heavy atom. The van der Waals surface area contributed by atoms with Gasteiger partial charge in [0.15, 0.2) is 5.58 Å². The van der Waals surface area contributed by atoms with Gasteiger partial charge in [-0.25, -0.2) is 9.78 Å². The van der Waals surface area contributed by atoms with Crippen LogP contribution >= 0.6 is 0 Å². The molecule has 28 heavy (non-hydrogen) atoms. The molecule has 1 aromatic heterocycles.